The van der Waals surface area contributed by atoms with Crippen molar-refractivity contribution >= 4 is 11.6 Å². The zero-order chi connectivity index (χ0) is 23.2. The number of aryl methyl sites for hydroxylation is 1. The molecule has 1 aliphatic rings. The van der Waals surface area contributed by atoms with Crippen molar-refractivity contribution in [2.24, 2.45) is 0 Å². The first kappa shape index (κ1) is 23.5. The number of rotatable bonds is 12. The number of aliphatic hydroxyl groups excluding tert-OH is 1. The number of hydrogen-bond donors (Lipinski definition) is 1. The van der Waals surface area contributed by atoms with Gasteiger partial charge in [-0.3, -0.25) is 4.90 Å². The van der Waals surface area contributed by atoms with Crippen LogP contribution in [0.1, 0.15) is 24.1 Å². The highest BCUT2D eigenvalue weighted by atomic mass is 35.5. The third kappa shape index (κ3) is 6.24. The van der Waals surface area contributed by atoms with Crippen LogP contribution in [0.2, 0.25) is 5.02 Å². The number of hydrogen-bond acceptors (Lipinski definition) is 5. The average Bonchev–Trinajstić information content (AvgIpc) is 3.61. The van der Waals surface area contributed by atoms with E-state index in [2.05, 4.69) is 11.5 Å². The van der Waals surface area contributed by atoms with Crippen LogP contribution < -0.4 is 4.74 Å². The molecule has 33 heavy (non-hydrogen) atoms. The minimum atomic E-state index is -0.577. The Morgan fingerprint density at radius 1 is 1.24 bits per heavy atom. The summed E-state index contributed by atoms with van der Waals surface area (Å²) >= 11 is 6.26. The van der Waals surface area contributed by atoms with Gasteiger partial charge in [0.05, 0.1) is 36.3 Å². The second-order valence-electron chi connectivity index (χ2n) is 8.32. The van der Waals surface area contributed by atoms with E-state index in [0.717, 1.165) is 35.5 Å². The molecule has 7 heteroatoms. The number of para-hydroxylation sites is 1. The number of aromatic nitrogens is 2. The van der Waals surface area contributed by atoms with Crippen molar-refractivity contribution in [3.05, 3.63) is 83.5 Å². The monoisotopic (exact) mass is 467 g/mol. The molecule has 1 heterocycles. The van der Waals surface area contributed by atoms with Crippen molar-refractivity contribution in [1.29, 1.82) is 0 Å². The lowest BCUT2D eigenvalue weighted by Gasteiger charge is -2.25. The molecular weight excluding hydrogens is 438 g/mol. The number of nitrogens with zero attached hydrogens (tertiary/aromatic N) is 3. The summed E-state index contributed by atoms with van der Waals surface area (Å²) in [4.78, 5) is 2.30. The van der Waals surface area contributed by atoms with Gasteiger partial charge in [-0.15, -0.1) is 6.58 Å². The summed E-state index contributed by atoms with van der Waals surface area (Å²) in [7, 11) is 0. The van der Waals surface area contributed by atoms with E-state index < -0.39 is 6.10 Å². The highest BCUT2D eigenvalue weighted by Gasteiger charge is 2.32. The Bertz CT molecular complexity index is 1070. The van der Waals surface area contributed by atoms with Crippen LogP contribution in [0.4, 0.5) is 0 Å². The Balaban J connectivity index is 1.64. The molecule has 0 radical (unpaired) electrons. The van der Waals surface area contributed by atoms with Crippen LogP contribution in [0.25, 0.3) is 5.69 Å². The van der Waals surface area contributed by atoms with Gasteiger partial charge in [-0.05, 0) is 50.1 Å². The quantitative estimate of drug-likeness (QED) is 0.294. The van der Waals surface area contributed by atoms with Gasteiger partial charge in [-0.1, -0.05) is 41.9 Å². The summed E-state index contributed by atoms with van der Waals surface area (Å²) in [5.74, 6) is 1.39. The van der Waals surface area contributed by atoms with Gasteiger partial charge in [0, 0.05) is 24.2 Å². The molecule has 0 aliphatic heterocycles. The van der Waals surface area contributed by atoms with Crippen LogP contribution in [0.3, 0.4) is 0 Å². The molecule has 1 fully saturated rings. The molecular formula is C26H30ClN3O3. The van der Waals surface area contributed by atoms with Gasteiger partial charge in [0.2, 0.25) is 5.88 Å². The van der Waals surface area contributed by atoms with Gasteiger partial charge in [-0.2, -0.15) is 5.10 Å². The molecule has 4 rings (SSSR count). The second-order valence-corrected chi connectivity index (χ2v) is 8.75. The van der Waals surface area contributed by atoms with Crippen molar-refractivity contribution in [2.45, 2.75) is 38.5 Å². The van der Waals surface area contributed by atoms with Crippen LogP contribution in [-0.2, 0) is 11.3 Å². The predicted octanol–water partition coefficient (Wildman–Crippen LogP) is 5.15. The fourth-order valence-corrected chi connectivity index (χ4v) is 3.99. The molecule has 1 atom stereocenters. The Kier molecular flexibility index (Phi) is 7.83. The summed E-state index contributed by atoms with van der Waals surface area (Å²) in [6, 6.07) is 17.7. The molecule has 174 valence electrons. The molecule has 0 spiro atoms. The topological polar surface area (TPSA) is 59.8 Å². The van der Waals surface area contributed by atoms with Crippen LogP contribution in [-0.4, -0.2) is 51.7 Å². The van der Waals surface area contributed by atoms with Crippen LogP contribution >= 0.6 is 11.6 Å². The van der Waals surface area contributed by atoms with E-state index >= 15 is 0 Å². The first-order valence-electron chi connectivity index (χ1n) is 11.2. The largest absolute Gasteiger partial charge is 0.439 e. The Labute approximate surface area is 200 Å². The van der Waals surface area contributed by atoms with Crippen LogP contribution in [0.15, 0.2) is 67.3 Å². The molecule has 1 aromatic heterocycles. The molecule has 1 aliphatic carbocycles. The second kappa shape index (κ2) is 11.0. The standard InChI is InChI=1S/C26H30ClN3O3/c1-3-14-32-18-23(31)16-29(21-12-13-21)17-25-19(2)28-30(22-9-7-8-20(27)15-22)26(25)33-24-10-5-4-6-11-24/h3-11,15,21,23,31H,1,12-14,16-18H2,2H3/t23-/m0/s1. The zero-order valence-electron chi connectivity index (χ0n) is 18.9. The lowest BCUT2D eigenvalue weighted by atomic mass is 10.2. The minimum absolute atomic E-state index is 0.281. The van der Waals surface area contributed by atoms with Gasteiger partial charge >= 0.3 is 0 Å². The van der Waals surface area contributed by atoms with Gasteiger partial charge in [-0.25, -0.2) is 4.68 Å². The van der Waals surface area contributed by atoms with Crippen molar-refractivity contribution in [2.75, 3.05) is 19.8 Å². The summed E-state index contributed by atoms with van der Waals surface area (Å²) in [6.07, 6.45) is 3.35. The van der Waals surface area contributed by atoms with Crippen molar-refractivity contribution in [3.63, 3.8) is 0 Å². The van der Waals surface area contributed by atoms with Gasteiger partial charge in [0.1, 0.15) is 5.75 Å². The maximum absolute atomic E-state index is 10.5. The minimum Gasteiger partial charge on any atom is -0.439 e. The lowest BCUT2D eigenvalue weighted by molar-refractivity contribution is 0.0226. The number of ether oxygens (including phenoxy) is 2. The summed E-state index contributed by atoms with van der Waals surface area (Å²) in [5, 5.41) is 16.0. The Morgan fingerprint density at radius 3 is 2.73 bits per heavy atom. The van der Waals surface area contributed by atoms with Crippen molar-refractivity contribution in [3.8, 4) is 17.3 Å². The fourth-order valence-electron chi connectivity index (χ4n) is 3.80. The molecule has 1 saturated carbocycles. The normalized spacial score (nSPS) is 14.4. The zero-order valence-corrected chi connectivity index (χ0v) is 19.6. The average molecular weight is 468 g/mol. The van der Waals surface area contributed by atoms with E-state index in [9.17, 15) is 5.11 Å². The molecule has 1 N–H and O–H groups in total. The molecule has 0 amide bonds. The first-order chi connectivity index (χ1) is 16.0. The van der Waals surface area contributed by atoms with E-state index in [-0.39, 0.29) is 6.61 Å². The maximum atomic E-state index is 10.5. The highest BCUT2D eigenvalue weighted by Crippen LogP contribution is 2.35. The lowest BCUT2D eigenvalue weighted by Crippen LogP contribution is -2.36. The van der Waals surface area contributed by atoms with Gasteiger partial charge in [0.25, 0.3) is 0 Å². The molecule has 0 saturated heterocycles. The SMILES string of the molecule is C=CCOC[C@@H](O)CN(Cc1c(C)nn(-c2cccc(Cl)c2)c1Oc1ccccc1)C1CC1. The third-order valence-corrected chi connectivity index (χ3v) is 5.80. The van der Waals surface area contributed by atoms with Crippen LogP contribution in [0.5, 0.6) is 11.6 Å². The number of halogens is 1. The summed E-state index contributed by atoms with van der Waals surface area (Å²) in [6.45, 7) is 7.50. The van der Waals surface area contributed by atoms with E-state index in [0.29, 0.717) is 36.6 Å². The fraction of sp³-hybridized carbons (Fsp3) is 0.346. The number of aliphatic hydroxyl groups is 1. The number of benzene rings is 2. The van der Waals surface area contributed by atoms with E-state index in [1.54, 1.807) is 10.8 Å². The predicted molar refractivity (Wildman–Crippen MR) is 130 cm³/mol. The highest BCUT2D eigenvalue weighted by molar-refractivity contribution is 6.30. The van der Waals surface area contributed by atoms with E-state index in [1.165, 1.54) is 0 Å². The van der Waals surface area contributed by atoms with E-state index in [4.69, 9.17) is 26.2 Å². The van der Waals surface area contributed by atoms with E-state index in [1.807, 2.05) is 61.5 Å². The smallest absolute Gasteiger partial charge is 0.227 e. The van der Waals surface area contributed by atoms with Crippen LogP contribution in [0, 0.1) is 6.92 Å². The first-order valence-corrected chi connectivity index (χ1v) is 11.6. The summed E-state index contributed by atoms with van der Waals surface area (Å²) in [5.41, 5.74) is 2.70. The molecule has 6 nitrogen and oxygen atoms in total. The van der Waals surface area contributed by atoms with Gasteiger partial charge in [0.15, 0.2) is 0 Å². The summed E-state index contributed by atoms with van der Waals surface area (Å²) < 4.78 is 13.6. The third-order valence-electron chi connectivity index (χ3n) is 5.56. The molecule has 0 unspecified atom stereocenters. The molecule has 2 aromatic carbocycles. The Morgan fingerprint density at radius 2 is 2.03 bits per heavy atom. The molecule has 3 aromatic rings. The Hall–Kier alpha value is -2.64. The maximum Gasteiger partial charge on any atom is 0.227 e. The molecule has 0 bridgehead atoms. The van der Waals surface area contributed by atoms with Gasteiger partial charge < -0.3 is 14.6 Å². The van der Waals surface area contributed by atoms with Crippen molar-refractivity contribution in [1.82, 2.24) is 14.7 Å². The van der Waals surface area contributed by atoms with Crippen molar-refractivity contribution < 1.29 is 14.6 Å².